The Hall–Kier alpha value is -1.80. The minimum atomic E-state index is 0.624. The average Bonchev–Trinajstić information content (AvgIpc) is 2.52. The van der Waals surface area contributed by atoms with Crippen molar-refractivity contribution < 1.29 is 4.74 Å². The van der Waals surface area contributed by atoms with Gasteiger partial charge in [-0.05, 0) is 55.6 Å². The zero-order valence-electron chi connectivity index (χ0n) is 13.1. The van der Waals surface area contributed by atoms with E-state index in [1.807, 2.05) is 18.2 Å². The van der Waals surface area contributed by atoms with Crippen molar-refractivity contribution >= 4 is 0 Å². The molecule has 0 radical (unpaired) electrons. The Morgan fingerprint density at radius 3 is 2.33 bits per heavy atom. The summed E-state index contributed by atoms with van der Waals surface area (Å²) in [5.41, 5.74) is 3.76. The molecule has 21 heavy (non-hydrogen) atoms. The van der Waals surface area contributed by atoms with E-state index < -0.39 is 0 Å². The summed E-state index contributed by atoms with van der Waals surface area (Å²) in [6, 6.07) is 16.8. The van der Waals surface area contributed by atoms with Gasteiger partial charge in [0.2, 0.25) is 0 Å². The Morgan fingerprint density at radius 2 is 1.62 bits per heavy atom. The van der Waals surface area contributed by atoms with Crippen LogP contribution < -0.4 is 10.1 Å². The number of nitrogens with one attached hydrogen (secondary N) is 1. The van der Waals surface area contributed by atoms with E-state index in [0.717, 1.165) is 25.3 Å². The summed E-state index contributed by atoms with van der Waals surface area (Å²) in [5.74, 6) is 0.963. The molecule has 2 rings (SSSR count). The molecule has 2 aromatic carbocycles. The Kier molecular flexibility index (Phi) is 6.29. The van der Waals surface area contributed by atoms with Gasteiger partial charge in [0, 0.05) is 0 Å². The quantitative estimate of drug-likeness (QED) is 0.736. The summed E-state index contributed by atoms with van der Waals surface area (Å²) >= 11 is 0. The van der Waals surface area contributed by atoms with Gasteiger partial charge in [0.05, 0.1) is 0 Å². The fourth-order valence-corrected chi connectivity index (χ4v) is 2.22. The van der Waals surface area contributed by atoms with Crippen molar-refractivity contribution in [2.75, 3.05) is 13.1 Å². The highest BCUT2D eigenvalue weighted by Crippen LogP contribution is 2.18. The molecule has 2 heteroatoms. The number of ether oxygens (including phenoxy) is 1. The molecule has 0 aliphatic rings. The number of rotatable bonds is 8. The van der Waals surface area contributed by atoms with Crippen molar-refractivity contribution in [1.82, 2.24) is 5.32 Å². The first kappa shape index (κ1) is 15.6. The van der Waals surface area contributed by atoms with E-state index in [4.69, 9.17) is 4.74 Å². The van der Waals surface area contributed by atoms with Crippen LogP contribution in [0.4, 0.5) is 0 Å². The molecule has 0 fully saturated rings. The highest BCUT2D eigenvalue weighted by Gasteiger charge is 1.99. The molecule has 0 unspecified atom stereocenters. The summed E-state index contributed by atoms with van der Waals surface area (Å²) < 4.78 is 5.86. The molecule has 112 valence electrons. The predicted octanol–water partition coefficient (Wildman–Crippen LogP) is 4.12. The maximum Gasteiger partial charge on any atom is 0.122 e. The standard InChI is InChI=1S/C19H25NO/c1-3-13-20-14-12-17-8-10-18(11-9-17)15-21-19-7-5-4-6-16(19)2/h4-11,20H,3,12-15H2,1-2H3. The fourth-order valence-electron chi connectivity index (χ4n) is 2.22. The molecule has 2 aromatic rings. The highest BCUT2D eigenvalue weighted by atomic mass is 16.5. The number of hydrogen-bond acceptors (Lipinski definition) is 2. The molecule has 0 aliphatic heterocycles. The Labute approximate surface area is 128 Å². The summed E-state index contributed by atoms with van der Waals surface area (Å²) in [5, 5.41) is 3.43. The maximum atomic E-state index is 5.86. The number of para-hydroxylation sites is 1. The van der Waals surface area contributed by atoms with E-state index in [1.54, 1.807) is 0 Å². The lowest BCUT2D eigenvalue weighted by atomic mass is 10.1. The molecule has 0 bridgehead atoms. The van der Waals surface area contributed by atoms with E-state index in [2.05, 4.69) is 49.5 Å². The summed E-state index contributed by atoms with van der Waals surface area (Å²) in [6.07, 6.45) is 2.27. The Bertz CT molecular complexity index is 534. The third-order valence-corrected chi connectivity index (χ3v) is 3.53. The predicted molar refractivity (Wildman–Crippen MR) is 88.8 cm³/mol. The molecular formula is C19H25NO. The van der Waals surface area contributed by atoms with Gasteiger partial charge in [0.25, 0.3) is 0 Å². The van der Waals surface area contributed by atoms with Gasteiger partial charge in [-0.3, -0.25) is 0 Å². The van der Waals surface area contributed by atoms with Gasteiger partial charge in [0.1, 0.15) is 12.4 Å². The number of aryl methyl sites for hydroxylation is 1. The zero-order chi connectivity index (χ0) is 14.9. The van der Waals surface area contributed by atoms with Crippen LogP contribution >= 0.6 is 0 Å². The summed E-state index contributed by atoms with van der Waals surface area (Å²) in [4.78, 5) is 0. The Morgan fingerprint density at radius 1 is 0.905 bits per heavy atom. The Balaban J connectivity index is 1.81. The largest absolute Gasteiger partial charge is 0.489 e. The van der Waals surface area contributed by atoms with Crippen molar-refractivity contribution in [2.45, 2.75) is 33.3 Å². The van der Waals surface area contributed by atoms with Crippen molar-refractivity contribution in [3.05, 3.63) is 65.2 Å². The van der Waals surface area contributed by atoms with Crippen LogP contribution in [0.5, 0.6) is 5.75 Å². The fraction of sp³-hybridized carbons (Fsp3) is 0.368. The second-order valence-electron chi connectivity index (χ2n) is 5.37. The lowest BCUT2D eigenvalue weighted by molar-refractivity contribution is 0.304. The third kappa shape index (κ3) is 5.24. The molecule has 0 saturated heterocycles. The average molecular weight is 283 g/mol. The van der Waals surface area contributed by atoms with Gasteiger partial charge < -0.3 is 10.1 Å². The molecule has 0 spiro atoms. The van der Waals surface area contributed by atoms with Crippen molar-refractivity contribution in [1.29, 1.82) is 0 Å². The molecule has 0 saturated carbocycles. The molecule has 2 nitrogen and oxygen atoms in total. The first-order valence-electron chi connectivity index (χ1n) is 7.76. The molecule has 0 amide bonds. The molecule has 0 aliphatic carbocycles. The van der Waals surface area contributed by atoms with E-state index in [-0.39, 0.29) is 0 Å². The zero-order valence-corrected chi connectivity index (χ0v) is 13.1. The number of benzene rings is 2. The van der Waals surface area contributed by atoms with E-state index in [0.29, 0.717) is 6.61 Å². The molecular weight excluding hydrogens is 258 g/mol. The van der Waals surface area contributed by atoms with Gasteiger partial charge in [-0.25, -0.2) is 0 Å². The first-order chi connectivity index (χ1) is 10.3. The van der Waals surface area contributed by atoms with Gasteiger partial charge in [-0.1, -0.05) is 49.4 Å². The maximum absolute atomic E-state index is 5.86. The molecule has 0 atom stereocenters. The van der Waals surface area contributed by atoms with Crippen molar-refractivity contribution in [3.63, 3.8) is 0 Å². The second-order valence-corrected chi connectivity index (χ2v) is 5.37. The van der Waals surface area contributed by atoms with Gasteiger partial charge in [0.15, 0.2) is 0 Å². The smallest absolute Gasteiger partial charge is 0.122 e. The summed E-state index contributed by atoms with van der Waals surface area (Å²) in [6.45, 7) is 7.03. The minimum Gasteiger partial charge on any atom is -0.489 e. The monoisotopic (exact) mass is 283 g/mol. The summed E-state index contributed by atoms with van der Waals surface area (Å²) in [7, 11) is 0. The van der Waals surface area contributed by atoms with Crippen molar-refractivity contribution in [3.8, 4) is 5.75 Å². The van der Waals surface area contributed by atoms with Crippen LogP contribution in [0, 0.1) is 6.92 Å². The number of hydrogen-bond donors (Lipinski definition) is 1. The van der Waals surface area contributed by atoms with E-state index in [1.165, 1.54) is 23.1 Å². The lowest BCUT2D eigenvalue weighted by Crippen LogP contribution is -2.17. The van der Waals surface area contributed by atoms with Crippen LogP contribution in [0.25, 0.3) is 0 Å². The van der Waals surface area contributed by atoms with Crippen LogP contribution in [-0.4, -0.2) is 13.1 Å². The highest BCUT2D eigenvalue weighted by molar-refractivity contribution is 5.32. The normalized spacial score (nSPS) is 10.6. The van der Waals surface area contributed by atoms with Crippen LogP contribution in [0.2, 0.25) is 0 Å². The lowest BCUT2D eigenvalue weighted by Gasteiger charge is -2.09. The van der Waals surface area contributed by atoms with Crippen LogP contribution in [0.15, 0.2) is 48.5 Å². The van der Waals surface area contributed by atoms with E-state index in [9.17, 15) is 0 Å². The third-order valence-electron chi connectivity index (χ3n) is 3.53. The molecule has 1 N–H and O–H groups in total. The van der Waals surface area contributed by atoms with Crippen molar-refractivity contribution in [2.24, 2.45) is 0 Å². The van der Waals surface area contributed by atoms with Gasteiger partial charge >= 0.3 is 0 Å². The van der Waals surface area contributed by atoms with Gasteiger partial charge in [-0.2, -0.15) is 0 Å². The minimum absolute atomic E-state index is 0.624. The molecule has 0 heterocycles. The van der Waals surface area contributed by atoms with Gasteiger partial charge in [-0.15, -0.1) is 0 Å². The van der Waals surface area contributed by atoms with Crippen LogP contribution in [0.1, 0.15) is 30.0 Å². The first-order valence-corrected chi connectivity index (χ1v) is 7.76. The van der Waals surface area contributed by atoms with Crippen LogP contribution in [0.3, 0.4) is 0 Å². The van der Waals surface area contributed by atoms with E-state index >= 15 is 0 Å². The van der Waals surface area contributed by atoms with Crippen LogP contribution in [-0.2, 0) is 13.0 Å². The molecule has 0 aromatic heterocycles. The SMILES string of the molecule is CCCNCCc1ccc(COc2ccccc2C)cc1. The second kappa shape index (κ2) is 8.48. The topological polar surface area (TPSA) is 21.3 Å².